The molecule has 0 aromatic heterocycles. The average Bonchev–Trinajstić information content (AvgIpc) is 2.64. The molecule has 1 rings (SSSR count). The molecule has 0 aromatic carbocycles. The van der Waals surface area contributed by atoms with Crippen molar-refractivity contribution in [3.8, 4) is 0 Å². The van der Waals surface area contributed by atoms with Gasteiger partial charge in [0.1, 0.15) is 6.54 Å². The molecule has 0 unspecified atom stereocenters. The highest BCUT2D eigenvalue weighted by Gasteiger charge is 2.26. The number of thioether (sulfide) groups is 1. The molecule has 2 amide bonds. The summed E-state index contributed by atoms with van der Waals surface area (Å²) in [5.74, 6) is 1.14. The fraction of sp³-hybridized carbons (Fsp3) is 0.818. The highest BCUT2D eigenvalue weighted by atomic mass is 35.5. The van der Waals surface area contributed by atoms with Crippen molar-refractivity contribution in [2.75, 3.05) is 38.3 Å². The molecule has 1 heterocycles. The summed E-state index contributed by atoms with van der Waals surface area (Å²) in [7, 11) is 1.76. The van der Waals surface area contributed by atoms with Gasteiger partial charge in [-0.2, -0.15) is 0 Å². The Balaban J connectivity index is 0.00000289. The number of carbonyl (C=O) groups excluding carboxylic acids is 2. The van der Waals surface area contributed by atoms with Crippen LogP contribution in [-0.2, 0) is 9.59 Å². The second kappa shape index (κ2) is 7.21. The van der Waals surface area contributed by atoms with Crippen LogP contribution in [0.25, 0.3) is 0 Å². The third-order valence-electron chi connectivity index (χ3n) is 2.80. The Morgan fingerprint density at radius 1 is 1.56 bits per heavy atom. The number of hydrogen-bond donors (Lipinski definition) is 1. The lowest BCUT2D eigenvalue weighted by atomic mass is 9.93. The Hall–Kier alpha value is -0.460. The van der Waals surface area contributed by atoms with Crippen molar-refractivity contribution in [3.05, 3.63) is 0 Å². The number of amides is 2. The highest BCUT2D eigenvalue weighted by Crippen LogP contribution is 2.16. The highest BCUT2D eigenvalue weighted by molar-refractivity contribution is 8.00. The van der Waals surface area contributed by atoms with Crippen LogP contribution >= 0.6 is 24.2 Å². The normalized spacial score (nSPS) is 15.6. The minimum atomic E-state index is -0.0891. The van der Waals surface area contributed by atoms with Crippen LogP contribution in [0.2, 0.25) is 0 Å². The van der Waals surface area contributed by atoms with Crippen LogP contribution in [0.5, 0.6) is 0 Å². The van der Waals surface area contributed by atoms with Crippen molar-refractivity contribution >= 4 is 36.0 Å². The molecular weight excluding hydrogens is 274 g/mol. The van der Waals surface area contributed by atoms with E-state index in [2.05, 4.69) is 0 Å². The van der Waals surface area contributed by atoms with Crippen molar-refractivity contribution in [2.45, 2.75) is 13.8 Å². The molecule has 1 saturated heterocycles. The van der Waals surface area contributed by atoms with Crippen LogP contribution < -0.4 is 5.73 Å². The van der Waals surface area contributed by atoms with Gasteiger partial charge >= 0.3 is 0 Å². The van der Waals surface area contributed by atoms with Crippen LogP contribution in [0.3, 0.4) is 0 Å². The van der Waals surface area contributed by atoms with Gasteiger partial charge in [0.15, 0.2) is 0 Å². The van der Waals surface area contributed by atoms with E-state index in [-0.39, 0.29) is 36.2 Å². The molecular formula is C11H22ClN3O2S. The molecule has 2 N–H and O–H groups in total. The van der Waals surface area contributed by atoms with Gasteiger partial charge < -0.3 is 15.5 Å². The van der Waals surface area contributed by atoms with Crippen molar-refractivity contribution in [3.63, 3.8) is 0 Å². The van der Waals surface area contributed by atoms with Crippen LogP contribution in [0.15, 0.2) is 0 Å². The van der Waals surface area contributed by atoms with Gasteiger partial charge in [0.2, 0.25) is 11.8 Å². The zero-order chi connectivity index (χ0) is 13.1. The lowest BCUT2D eigenvalue weighted by Gasteiger charge is -2.30. The fourth-order valence-corrected chi connectivity index (χ4v) is 2.52. The number of likely N-dealkylation sites (N-methyl/N-ethyl adjacent to an activating group) is 1. The van der Waals surface area contributed by atoms with E-state index in [1.165, 1.54) is 0 Å². The third-order valence-corrected chi connectivity index (χ3v) is 3.74. The van der Waals surface area contributed by atoms with Crippen molar-refractivity contribution in [1.29, 1.82) is 0 Å². The van der Waals surface area contributed by atoms with E-state index >= 15 is 0 Å². The minimum absolute atomic E-state index is 0. The Kier molecular flexibility index (Phi) is 7.02. The third kappa shape index (κ3) is 5.04. The SMILES string of the molecule is CN(CC(C)(C)CN)C(=O)CN1CSCC1=O.Cl. The molecule has 7 heteroatoms. The quantitative estimate of drug-likeness (QED) is 0.796. The number of rotatable bonds is 5. The first kappa shape index (κ1) is 17.5. The summed E-state index contributed by atoms with van der Waals surface area (Å²) in [5, 5.41) is 0. The molecule has 0 saturated carbocycles. The average molecular weight is 296 g/mol. The van der Waals surface area contributed by atoms with E-state index in [1.807, 2.05) is 13.8 Å². The van der Waals surface area contributed by atoms with Crippen LogP contribution in [-0.4, -0.2) is 59.9 Å². The van der Waals surface area contributed by atoms with Crippen molar-refractivity contribution < 1.29 is 9.59 Å². The Morgan fingerprint density at radius 3 is 2.61 bits per heavy atom. The monoisotopic (exact) mass is 295 g/mol. The maximum atomic E-state index is 11.9. The molecule has 18 heavy (non-hydrogen) atoms. The number of carbonyl (C=O) groups is 2. The van der Waals surface area contributed by atoms with Crippen molar-refractivity contribution in [2.24, 2.45) is 11.1 Å². The van der Waals surface area contributed by atoms with Gasteiger partial charge in [0, 0.05) is 13.6 Å². The van der Waals surface area contributed by atoms with E-state index in [0.717, 1.165) is 0 Å². The van der Waals surface area contributed by atoms with E-state index in [0.29, 0.717) is 24.7 Å². The molecule has 0 spiro atoms. The van der Waals surface area contributed by atoms with Gasteiger partial charge in [-0.25, -0.2) is 0 Å². The van der Waals surface area contributed by atoms with E-state index in [4.69, 9.17) is 5.73 Å². The predicted molar refractivity (Wildman–Crippen MR) is 76.8 cm³/mol. The molecule has 0 atom stereocenters. The van der Waals surface area contributed by atoms with Gasteiger partial charge in [0.25, 0.3) is 0 Å². The second-order valence-corrected chi connectivity index (χ2v) is 6.14. The molecule has 5 nitrogen and oxygen atoms in total. The minimum Gasteiger partial charge on any atom is -0.344 e. The summed E-state index contributed by atoms with van der Waals surface area (Å²) < 4.78 is 0. The molecule has 0 radical (unpaired) electrons. The van der Waals surface area contributed by atoms with Crippen LogP contribution in [0, 0.1) is 5.41 Å². The molecule has 1 fully saturated rings. The predicted octanol–water partition coefficient (Wildman–Crippen LogP) is 0.384. The standard InChI is InChI=1S/C11H21N3O2S.ClH/c1-11(2,6-12)7-13(3)9(15)4-14-8-17-5-10(14)16;/h4-8,12H2,1-3H3;1H. The lowest BCUT2D eigenvalue weighted by molar-refractivity contribution is -0.137. The summed E-state index contributed by atoms with van der Waals surface area (Å²) in [6.45, 7) is 5.37. The zero-order valence-electron chi connectivity index (χ0n) is 11.1. The van der Waals surface area contributed by atoms with E-state index in [1.54, 1.807) is 28.6 Å². The Bertz CT molecular complexity index is 313. The molecule has 0 aromatic rings. The number of nitrogens with two attached hydrogens (primary N) is 1. The molecule has 0 aliphatic carbocycles. The maximum Gasteiger partial charge on any atom is 0.241 e. The summed E-state index contributed by atoms with van der Waals surface area (Å²) in [6.07, 6.45) is 0. The van der Waals surface area contributed by atoms with E-state index < -0.39 is 0 Å². The molecule has 0 bridgehead atoms. The first-order valence-corrected chi connectivity index (χ1v) is 6.81. The number of nitrogens with zero attached hydrogens (tertiary/aromatic N) is 2. The van der Waals surface area contributed by atoms with Gasteiger partial charge in [-0.3, -0.25) is 9.59 Å². The van der Waals surface area contributed by atoms with Crippen LogP contribution in [0.4, 0.5) is 0 Å². The van der Waals surface area contributed by atoms with Gasteiger partial charge in [-0.15, -0.1) is 24.2 Å². The first-order valence-electron chi connectivity index (χ1n) is 5.65. The number of hydrogen-bond acceptors (Lipinski definition) is 4. The number of halogens is 1. The Morgan fingerprint density at radius 2 is 2.17 bits per heavy atom. The van der Waals surface area contributed by atoms with E-state index in [9.17, 15) is 9.59 Å². The molecule has 1 aliphatic rings. The molecule has 106 valence electrons. The lowest BCUT2D eigenvalue weighted by Crippen LogP contribution is -2.44. The van der Waals surface area contributed by atoms with Crippen molar-refractivity contribution in [1.82, 2.24) is 9.80 Å². The summed E-state index contributed by atoms with van der Waals surface area (Å²) in [4.78, 5) is 26.6. The second-order valence-electron chi connectivity index (χ2n) is 5.19. The van der Waals surface area contributed by atoms with Gasteiger partial charge in [-0.05, 0) is 12.0 Å². The van der Waals surface area contributed by atoms with Crippen LogP contribution in [0.1, 0.15) is 13.8 Å². The first-order chi connectivity index (χ1) is 7.85. The van der Waals surface area contributed by atoms with Gasteiger partial charge in [-0.1, -0.05) is 13.8 Å². The topological polar surface area (TPSA) is 66.6 Å². The summed E-state index contributed by atoms with van der Waals surface area (Å²) in [6, 6.07) is 0. The Labute approximate surface area is 119 Å². The summed E-state index contributed by atoms with van der Waals surface area (Å²) in [5.41, 5.74) is 5.55. The molecule has 1 aliphatic heterocycles. The summed E-state index contributed by atoms with van der Waals surface area (Å²) >= 11 is 1.55. The smallest absolute Gasteiger partial charge is 0.241 e. The maximum absolute atomic E-state index is 11.9. The fourth-order valence-electron chi connectivity index (χ4n) is 1.62. The largest absolute Gasteiger partial charge is 0.344 e. The zero-order valence-corrected chi connectivity index (χ0v) is 12.8. The van der Waals surface area contributed by atoms with Gasteiger partial charge in [0.05, 0.1) is 11.6 Å².